The first-order valence-corrected chi connectivity index (χ1v) is 10.1. The average molecular weight is 509 g/mol. The third kappa shape index (κ3) is 10.0. The largest absolute Gasteiger partial charge is 0.381 e. The summed E-state index contributed by atoms with van der Waals surface area (Å²) in [5.41, 5.74) is 0. The normalized spacial score (nSPS) is 15.5. The third-order valence-electron chi connectivity index (χ3n) is 4.54. The summed E-state index contributed by atoms with van der Waals surface area (Å²) in [6, 6.07) is 0. The molecule has 8 nitrogen and oxygen atoms in total. The van der Waals surface area contributed by atoms with E-state index in [1.165, 1.54) is 0 Å². The van der Waals surface area contributed by atoms with Crippen LogP contribution in [0.25, 0.3) is 0 Å². The zero-order valence-corrected chi connectivity index (χ0v) is 19.7. The van der Waals surface area contributed by atoms with E-state index in [9.17, 15) is 0 Å². The standard InChI is InChI=1S/C19H35N5O3.HI/c1-15(2)18-23-17(27-24-18)6-4-9-21-19(20-3)22-10-5-11-26-14-16-7-12-25-13-8-16;/h15-16H,4-14H2,1-3H3,(H2,20,21,22);1H. The van der Waals surface area contributed by atoms with Gasteiger partial charge in [0.2, 0.25) is 5.89 Å². The Hall–Kier alpha value is -0.940. The molecule has 1 fully saturated rings. The smallest absolute Gasteiger partial charge is 0.226 e. The van der Waals surface area contributed by atoms with Gasteiger partial charge in [-0.2, -0.15) is 4.98 Å². The fourth-order valence-electron chi connectivity index (χ4n) is 2.82. The van der Waals surface area contributed by atoms with Crippen LogP contribution in [0, 0.1) is 5.92 Å². The number of nitrogens with zero attached hydrogens (tertiary/aromatic N) is 3. The van der Waals surface area contributed by atoms with Gasteiger partial charge >= 0.3 is 0 Å². The Labute approximate surface area is 185 Å². The lowest BCUT2D eigenvalue weighted by atomic mass is 10.0. The van der Waals surface area contributed by atoms with Crippen molar-refractivity contribution in [1.82, 2.24) is 20.8 Å². The zero-order valence-electron chi connectivity index (χ0n) is 17.4. The maximum Gasteiger partial charge on any atom is 0.226 e. The van der Waals surface area contributed by atoms with E-state index >= 15 is 0 Å². The fraction of sp³-hybridized carbons (Fsp3) is 0.842. The Kier molecular flexibility index (Phi) is 13.4. The summed E-state index contributed by atoms with van der Waals surface area (Å²) < 4.78 is 16.4. The van der Waals surface area contributed by atoms with Crippen LogP contribution in [0.15, 0.2) is 9.52 Å². The molecule has 0 spiro atoms. The quantitative estimate of drug-likeness (QED) is 0.205. The van der Waals surface area contributed by atoms with Crippen molar-refractivity contribution in [2.75, 3.05) is 46.6 Å². The Morgan fingerprint density at radius 2 is 1.93 bits per heavy atom. The molecule has 162 valence electrons. The summed E-state index contributed by atoms with van der Waals surface area (Å²) in [6.07, 6.45) is 4.89. The van der Waals surface area contributed by atoms with Gasteiger partial charge in [0.1, 0.15) is 0 Å². The molecule has 0 amide bonds. The van der Waals surface area contributed by atoms with Gasteiger partial charge in [-0.05, 0) is 31.6 Å². The number of hydrogen-bond donors (Lipinski definition) is 2. The molecule has 0 unspecified atom stereocenters. The van der Waals surface area contributed by atoms with Gasteiger partial charge in [-0.15, -0.1) is 24.0 Å². The molecule has 0 saturated carbocycles. The molecule has 28 heavy (non-hydrogen) atoms. The van der Waals surface area contributed by atoms with Crippen molar-refractivity contribution in [2.24, 2.45) is 10.9 Å². The van der Waals surface area contributed by atoms with Crippen LogP contribution in [-0.2, 0) is 15.9 Å². The molecule has 1 aliphatic rings. The Morgan fingerprint density at radius 1 is 1.21 bits per heavy atom. The van der Waals surface area contributed by atoms with Gasteiger partial charge in [-0.1, -0.05) is 19.0 Å². The van der Waals surface area contributed by atoms with Gasteiger partial charge in [-0.25, -0.2) is 0 Å². The van der Waals surface area contributed by atoms with Crippen molar-refractivity contribution < 1.29 is 14.0 Å². The molecule has 0 aromatic carbocycles. The topological polar surface area (TPSA) is 93.8 Å². The van der Waals surface area contributed by atoms with Crippen molar-refractivity contribution in [3.05, 3.63) is 11.7 Å². The van der Waals surface area contributed by atoms with Crippen molar-refractivity contribution in [3.63, 3.8) is 0 Å². The second kappa shape index (κ2) is 15.0. The van der Waals surface area contributed by atoms with Gasteiger partial charge in [-0.3, -0.25) is 4.99 Å². The lowest BCUT2D eigenvalue weighted by Gasteiger charge is -2.21. The summed E-state index contributed by atoms with van der Waals surface area (Å²) in [6.45, 7) is 9.14. The molecular weight excluding hydrogens is 473 g/mol. The number of aliphatic imine (C=N–C) groups is 1. The average Bonchev–Trinajstić information content (AvgIpc) is 3.16. The van der Waals surface area contributed by atoms with Gasteiger partial charge < -0.3 is 24.6 Å². The molecule has 1 aromatic heterocycles. The molecule has 0 bridgehead atoms. The number of ether oxygens (including phenoxy) is 2. The highest BCUT2D eigenvalue weighted by atomic mass is 127. The van der Waals surface area contributed by atoms with Crippen LogP contribution in [0.1, 0.15) is 57.2 Å². The minimum absolute atomic E-state index is 0. The van der Waals surface area contributed by atoms with Gasteiger partial charge in [0, 0.05) is 58.9 Å². The number of rotatable bonds is 11. The van der Waals surface area contributed by atoms with E-state index in [1.807, 2.05) is 0 Å². The third-order valence-corrected chi connectivity index (χ3v) is 4.54. The van der Waals surface area contributed by atoms with E-state index in [2.05, 4.69) is 39.6 Å². The first-order valence-electron chi connectivity index (χ1n) is 10.1. The van der Waals surface area contributed by atoms with Gasteiger partial charge in [0.15, 0.2) is 11.8 Å². The predicted molar refractivity (Wildman–Crippen MR) is 120 cm³/mol. The molecule has 1 aliphatic heterocycles. The van der Waals surface area contributed by atoms with Crippen LogP contribution in [0.5, 0.6) is 0 Å². The van der Waals surface area contributed by atoms with Crippen LogP contribution < -0.4 is 10.6 Å². The number of guanidine groups is 1. The SMILES string of the molecule is CN=C(NCCCOCC1CCOCC1)NCCCc1nc(C(C)C)no1.I. The Balaban J connectivity index is 0.00000392. The highest BCUT2D eigenvalue weighted by Crippen LogP contribution is 2.14. The Bertz CT molecular complexity index is 547. The molecule has 0 aliphatic carbocycles. The Morgan fingerprint density at radius 3 is 2.57 bits per heavy atom. The van der Waals surface area contributed by atoms with E-state index in [1.54, 1.807) is 7.05 Å². The maximum absolute atomic E-state index is 5.78. The van der Waals surface area contributed by atoms with E-state index in [0.29, 0.717) is 17.7 Å². The van der Waals surface area contributed by atoms with Crippen molar-refractivity contribution in [3.8, 4) is 0 Å². The fourth-order valence-corrected chi connectivity index (χ4v) is 2.82. The molecule has 9 heteroatoms. The molecule has 2 heterocycles. The monoisotopic (exact) mass is 509 g/mol. The summed E-state index contributed by atoms with van der Waals surface area (Å²) >= 11 is 0. The molecule has 0 radical (unpaired) electrons. The number of hydrogen-bond acceptors (Lipinski definition) is 6. The van der Waals surface area contributed by atoms with Crippen LogP contribution in [0.3, 0.4) is 0 Å². The maximum atomic E-state index is 5.78. The van der Waals surface area contributed by atoms with Gasteiger partial charge in [0.25, 0.3) is 0 Å². The summed E-state index contributed by atoms with van der Waals surface area (Å²) in [7, 11) is 1.78. The van der Waals surface area contributed by atoms with E-state index in [-0.39, 0.29) is 24.0 Å². The van der Waals surface area contributed by atoms with Crippen molar-refractivity contribution >= 4 is 29.9 Å². The summed E-state index contributed by atoms with van der Waals surface area (Å²) in [4.78, 5) is 8.63. The van der Waals surface area contributed by atoms with E-state index in [0.717, 1.165) is 83.4 Å². The van der Waals surface area contributed by atoms with E-state index in [4.69, 9.17) is 14.0 Å². The number of aryl methyl sites for hydroxylation is 1. The molecule has 1 saturated heterocycles. The second-order valence-electron chi connectivity index (χ2n) is 7.21. The molecule has 1 aromatic rings. The minimum atomic E-state index is 0. The number of nitrogens with one attached hydrogen (secondary N) is 2. The van der Waals surface area contributed by atoms with Crippen LogP contribution >= 0.6 is 24.0 Å². The zero-order chi connectivity index (χ0) is 19.3. The lowest BCUT2D eigenvalue weighted by molar-refractivity contribution is 0.0203. The van der Waals surface area contributed by atoms with Crippen LogP contribution in [0.4, 0.5) is 0 Å². The van der Waals surface area contributed by atoms with Crippen molar-refractivity contribution in [2.45, 2.75) is 51.9 Å². The summed E-state index contributed by atoms with van der Waals surface area (Å²) in [5.74, 6) is 3.24. The second-order valence-corrected chi connectivity index (χ2v) is 7.21. The molecule has 0 atom stereocenters. The predicted octanol–water partition coefficient (Wildman–Crippen LogP) is 2.74. The number of aromatic nitrogens is 2. The molecular formula is C19H36IN5O3. The lowest BCUT2D eigenvalue weighted by Crippen LogP contribution is -2.38. The van der Waals surface area contributed by atoms with Crippen LogP contribution in [-0.4, -0.2) is 62.7 Å². The first kappa shape index (κ1) is 25.1. The minimum Gasteiger partial charge on any atom is -0.381 e. The number of halogens is 1. The van der Waals surface area contributed by atoms with Crippen LogP contribution in [0.2, 0.25) is 0 Å². The summed E-state index contributed by atoms with van der Waals surface area (Å²) in [5, 5.41) is 10.6. The van der Waals surface area contributed by atoms with Gasteiger partial charge in [0.05, 0.1) is 0 Å². The highest BCUT2D eigenvalue weighted by molar-refractivity contribution is 14.0. The first-order chi connectivity index (χ1) is 13.2. The molecule has 2 N–H and O–H groups in total. The molecule has 2 rings (SSSR count). The highest BCUT2D eigenvalue weighted by Gasteiger charge is 2.13. The van der Waals surface area contributed by atoms with E-state index < -0.39 is 0 Å². The van der Waals surface area contributed by atoms with Crippen molar-refractivity contribution in [1.29, 1.82) is 0 Å².